The molecule has 4 rings (SSSR count). The van der Waals surface area contributed by atoms with Gasteiger partial charge in [0.2, 0.25) is 16.0 Å². The molecular weight excluding hydrogens is 362 g/mol. The van der Waals surface area contributed by atoms with Crippen LogP contribution in [0.1, 0.15) is 38.2 Å². The van der Waals surface area contributed by atoms with Gasteiger partial charge < -0.3 is 4.90 Å². The first-order chi connectivity index (χ1) is 12.9. The Morgan fingerprint density at radius 1 is 1.19 bits per heavy atom. The molecule has 3 saturated heterocycles. The van der Waals surface area contributed by atoms with E-state index >= 15 is 0 Å². The maximum atomic E-state index is 11.7. The van der Waals surface area contributed by atoms with Gasteiger partial charge in [0.15, 0.2) is 0 Å². The van der Waals surface area contributed by atoms with Gasteiger partial charge in [0.05, 0.1) is 6.26 Å². The van der Waals surface area contributed by atoms with Crippen LogP contribution in [-0.4, -0.2) is 67.8 Å². The Labute approximate surface area is 162 Å². The first-order valence-electron chi connectivity index (χ1n) is 10.2. The highest BCUT2D eigenvalue weighted by Gasteiger charge is 2.47. The molecule has 0 saturated carbocycles. The fourth-order valence-electron chi connectivity index (χ4n) is 5.28. The lowest BCUT2D eigenvalue weighted by Crippen LogP contribution is -2.65. The van der Waals surface area contributed by atoms with E-state index in [1.165, 1.54) is 31.9 Å². The number of aromatic nitrogens is 2. The third-order valence-corrected chi connectivity index (χ3v) is 7.25. The molecule has 8 heteroatoms. The minimum atomic E-state index is -3.18. The van der Waals surface area contributed by atoms with Gasteiger partial charge in [-0.3, -0.25) is 4.90 Å². The lowest BCUT2D eigenvalue weighted by Gasteiger charge is -2.56. The molecule has 4 atom stereocenters. The van der Waals surface area contributed by atoms with Gasteiger partial charge in [-0.1, -0.05) is 13.3 Å². The van der Waals surface area contributed by atoms with Gasteiger partial charge in [-0.15, -0.1) is 0 Å². The summed E-state index contributed by atoms with van der Waals surface area (Å²) in [6.45, 7) is 5.63. The van der Waals surface area contributed by atoms with Crippen molar-refractivity contribution < 1.29 is 8.42 Å². The van der Waals surface area contributed by atoms with Crippen LogP contribution in [0, 0.1) is 11.8 Å². The summed E-state index contributed by atoms with van der Waals surface area (Å²) in [5.41, 5.74) is 1.16. The van der Waals surface area contributed by atoms with E-state index in [2.05, 4.69) is 31.4 Å². The van der Waals surface area contributed by atoms with Crippen molar-refractivity contribution in [1.29, 1.82) is 0 Å². The summed E-state index contributed by atoms with van der Waals surface area (Å²) in [5, 5.41) is 0. The minimum Gasteiger partial charge on any atom is -0.340 e. The van der Waals surface area contributed by atoms with Gasteiger partial charge in [-0.05, 0) is 49.6 Å². The van der Waals surface area contributed by atoms with E-state index in [0.717, 1.165) is 37.6 Å². The highest BCUT2D eigenvalue weighted by atomic mass is 32.2. The predicted octanol–water partition coefficient (Wildman–Crippen LogP) is 1.27. The number of piperidine rings is 3. The zero-order valence-electron chi connectivity index (χ0n) is 16.3. The summed E-state index contributed by atoms with van der Waals surface area (Å²) in [5.74, 6) is 1.88. The monoisotopic (exact) mass is 393 g/mol. The summed E-state index contributed by atoms with van der Waals surface area (Å²) >= 11 is 0. The van der Waals surface area contributed by atoms with Crippen LogP contribution in [-0.2, 0) is 16.4 Å². The van der Waals surface area contributed by atoms with E-state index in [0.29, 0.717) is 24.4 Å². The van der Waals surface area contributed by atoms with Crippen LogP contribution in [0.3, 0.4) is 0 Å². The third kappa shape index (κ3) is 4.12. The molecule has 2 bridgehead atoms. The number of fused-ring (bicyclic) bond motifs is 4. The number of sulfonamides is 1. The third-order valence-electron chi connectivity index (χ3n) is 6.56. The van der Waals surface area contributed by atoms with Crippen molar-refractivity contribution >= 4 is 16.0 Å². The summed E-state index contributed by atoms with van der Waals surface area (Å²) < 4.78 is 26.2. The molecule has 1 aromatic rings. The normalized spacial score (nSPS) is 31.6. The Morgan fingerprint density at radius 3 is 2.63 bits per heavy atom. The van der Waals surface area contributed by atoms with Gasteiger partial charge in [-0.25, -0.2) is 23.1 Å². The fraction of sp³-hybridized carbons (Fsp3) is 0.789. The highest BCUT2D eigenvalue weighted by Crippen LogP contribution is 2.41. The van der Waals surface area contributed by atoms with Gasteiger partial charge in [-0.2, -0.15) is 0 Å². The van der Waals surface area contributed by atoms with Crippen LogP contribution < -0.4 is 9.62 Å². The van der Waals surface area contributed by atoms with Crippen molar-refractivity contribution in [2.45, 2.75) is 51.1 Å². The largest absolute Gasteiger partial charge is 0.340 e. The molecule has 0 aromatic carbocycles. The molecular formula is C19H31N5O2S. The van der Waals surface area contributed by atoms with Crippen molar-refractivity contribution in [3.8, 4) is 0 Å². The Hall–Kier alpha value is -1.25. The second-order valence-electron chi connectivity index (χ2n) is 8.39. The van der Waals surface area contributed by atoms with Crippen LogP contribution in [0.25, 0.3) is 0 Å². The molecule has 3 aliphatic heterocycles. The average Bonchev–Trinajstić information content (AvgIpc) is 2.67. The maximum absolute atomic E-state index is 11.7. The van der Waals surface area contributed by atoms with Gasteiger partial charge in [0.25, 0.3) is 0 Å². The van der Waals surface area contributed by atoms with Gasteiger partial charge in [0, 0.05) is 44.1 Å². The van der Waals surface area contributed by atoms with E-state index in [-0.39, 0.29) is 6.04 Å². The topological polar surface area (TPSA) is 78.4 Å². The van der Waals surface area contributed by atoms with Crippen molar-refractivity contribution in [1.82, 2.24) is 19.6 Å². The van der Waals surface area contributed by atoms with E-state index in [1.54, 1.807) is 0 Å². The van der Waals surface area contributed by atoms with Crippen LogP contribution in [0.2, 0.25) is 0 Å². The zero-order valence-corrected chi connectivity index (χ0v) is 17.2. The summed E-state index contributed by atoms with van der Waals surface area (Å²) in [6, 6.07) is 0.818. The summed E-state index contributed by atoms with van der Waals surface area (Å²) in [4.78, 5) is 14.2. The molecule has 0 spiro atoms. The lowest BCUT2D eigenvalue weighted by atomic mass is 9.72. The van der Waals surface area contributed by atoms with E-state index in [1.807, 2.05) is 12.4 Å². The van der Waals surface area contributed by atoms with Crippen molar-refractivity contribution in [3.05, 3.63) is 18.0 Å². The number of nitrogens with one attached hydrogen (secondary N) is 1. The summed E-state index contributed by atoms with van der Waals surface area (Å²) in [6.07, 6.45) is 11.0. The second-order valence-corrected chi connectivity index (χ2v) is 10.2. The Balaban J connectivity index is 1.56. The van der Waals surface area contributed by atoms with Crippen molar-refractivity contribution in [2.75, 3.05) is 37.3 Å². The molecule has 150 valence electrons. The summed E-state index contributed by atoms with van der Waals surface area (Å²) in [7, 11) is -3.18. The molecule has 7 nitrogen and oxygen atoms in total. The quantitative estimate of drug-likeness (QED) is 0.812. The van der Waals surface area contributed by atoms with E-state index < -0.39 is 10.0 Å². The van der Waals surface area contributed by atoms with Crippen LogP contribution in [0.5, 0.6) is 0 Å². The first kappa shape index (κ1) is 19.1. The van der Waals surface area contributed by atoms with E-state index in [9.17, 15) is 8.42 Å². The zero-order chi connectivity index (χ0) is 19.0. The van der Waals surface area contributed by atoms with Gasteiger partial charge >= 0.3 is 0 Å². The number of rotatable bonds is 5. The van der Waals surface area contributed by atoms with Crippen LogP contribution in [0.15, 0.2) is 12.4 Å². The average molecular weight is 394 g/mol. The molecule has 0 unspecified atom stereocenters. The number of hydrogen-bond donors (Lipinski definition) is 1. The Morgan fingerprint density at radius 2 is 1.93 bits per heavy atom. The molecule has 0 amide bonds. The Kier molecular flexibility index (Phi) is 5.40. The second kappa shape index (κ2) is 7.64. The molecule has 0 aliphatic carbocycles. The standard InChI is InChI=1S/C19H31N5O2S/c1-3-14-9-20-19(21-10-14)23-12-15-8-16(13-23)18(11-22-27(2,25)26)24-7-5-4-6-17(15)24/h9-10,15-18,22H,3-8,11-13H2,1-2H3/t15-,16+,17+,18+/m1/s1. The smallest absolute Gasteiger partial charge is 0.225 e. The predicted molar refractivity (Wildman–Crippen MR) is 106 cm³/mol. The van der Waals surface area contributed by atoms with E-state index in [4.69, 9.17) is 0 Å². The fourth-order valence-corrected chi connectivity index (χ4v) is 5.76. The number of nitrogens with zero attached hydrogens (tertiary/aromatic N) is 4. The van der Waals surface area contributed by atoms with Gasteiger partial charge in [0.1, 0.15) is 0 Å². The molecule has 1 aromatic heterocycles. The highest BCUT2D eigenvalue weighted by molar-refractivity contribution is 7.88. The molecule has 3 fully saturated rings. The lowest BCUT2D eigenvalue weighted by molar-refractivity contribution is -0.0296. The minimum absolute atomic E-state index is 0.263. The first-order valence-corrected chi connectivity index (χ1v) is 12.1. The number of aryl methyl sites for hydroxylation is 1. The molecule has 27 heavy (non-hydrogen) atoms. The van der Waals surface area contributed by atoms with Crippen molar-refractivity contribution in [2.24, 2.45) is 11.8 Å². The SMILES string of the molecule is CCc1cnc(N2C[C@H]3C[C@@H](C2)[C@H](CNS(C)(=O)=O)N2CCCC[C@@H]32)nc1. The number of hydrogen-bond acceptors (Lipinski definition) is 6. The number of anilines is 1. The molecule has 3 aliphatic rings. The van der Waals surface area contributed by atoms with Crippen LogP contribution in [0.4, 0.5) is 5.95 Å². The van der Waals surface area contributed by atoms with Crippen LogP contribution >= 0.6 is 0 Å². The maximum Gasteiger partial charge on any atom is 0.225 e. The molecule has 4 heterocycles. The molecule has 0 radical (unpaired) electrons. The van der Waals surface area contributed by atoms with Crippen molar-refractivity contribution in [3.63, 3.8) is 0 Å². The Bertz CT molecular complexity index is 754. The molecule has 1 N–H and O–H groups in total.